The predicted octanol–water partition coefficient (Wildman–Crippen LogP) is 4.32. The predicted molar refractivity (Wildman–Crippen MR) is 129 cm³/mol. The second kappa shape index (κ2) is 11.2. The Morgan fingerprint density at radius 3 is 2.68 bits per heavy atom. The van der Waals surface area contributed by atoms with Crippen LogP contribution in [0.2, 0.25) is 0 Å². The van der Waals surface area contributed by atoms with Crippen molar-refractivity contribution in [2.75, 3.05) is 32.2 Å². The van der Waals surface area contributed by atoms with Gasteiger partial charge in [-0.05, 0) is 43.2 Å². The normalized spacial score (nSPS) is 14.0. The summed E-state index contributed by atoms with van der Waals surface area (Å²) < 4.78 is 24.1. The number of hydrogen-bond acceptors (Lipinski definition) is 7. The van der Waals surface area contributed by atoms with Gasteiger partial charge < -0.3 is 19.7 Å². The number of carbonyl (C=O) groups is 1. The third-order valence-corrected chi connectivity index (χ3v) is 6.71. The van der Waals surface area contributed by atoms with E-state index in [0.29, 0.717) is 18.0 Å². The summed E-state index contributed by atoms with van der Waals surface area (Å²) in [6.07, 6.45) is 3.00. The van der Waals surface area contributed by atoms with Crippen LogP contribution in [0.25, 0.3) is 0 Å². The Balaban J connectivity index is 1.30. The zero-order chi connectivity index (χ0) is 23.9. The molecule has 1 amide bonds. The van der Waals surface area contributed by atoms with Crippen molar-refractivity contribution in [2.45, 2.75) is 29.3 Å². The van der Waals surface area contributed by atoms with Crippen LogP contribution in [0.3, 0.4) is 0 Å². The molecule has 9 heteroatoms. The average molecular weight is 483 g/mol. The van der Waals surface area contributed by atoms with Gasteiger partial charge in [0.15, 0.2) is 0 Å². The molecule has 1 N–H and O–H groups in total. The van der Waals surface area contributed by atoms with Gasteiger partial charge in [0.05, 0.1) is 14.2 Å². The highest BCUT2D eigenvalue weighted by Crippen LogP contribution is 2.30. The number of piperidine rings is 1. The Morgan fingerprint density at radius 1 is 1.12 bits per heavy atom. The van der Waals surface area contributed by atoms with Crippen LogP contribution in [0.15, 0.2) is 64.8 Å². The van der Waals surface area contributed by atoms with E-state index in [0.717, 1.165) is 47.2 Å². The van der Waals surface area contributed by atoms with Crippen LogP contribution < -0.4 is 19.7 Å². The van der Waals surface area contributed by atoms with Crippen LogP contribution in [0, 0.1) is 11.7 Å². The van der Waals surface area contributed by atoms with E-state index in [2.05, 4.69) is 20.2 Å². The zero-order valence-electron chi connectivity index (χ0n) is 19.2. The lowest BCUT2D eigenvalue weighted by Crippen LogP contribution is -2.40. The fourth-order valence-electron chi connectivity index (χ4n) is 3.91. The monoisotopic (exact) mass is 482 g/mol. The van der Waals surface area contributed by atoms with Crippen molar-refractivity contribution in [3.05, 3.63) is 66.2 Å². The summed E-state index contributed by atoms with van der Waals surface area (Å²) in [6, 6.07) is 13.9. The first-order chi connectivity index (χ1) is 16.6. The molecule has 0 atom stereocenters. The summed E-state index contributed by atoms with van der Waals surface area (Å²) in [5.41, 5.74) is 0.901. The van der Waals surface area contributed by atoms with Crippen molar-refractivity contribution >= 4 is 23.5 Å². The lowest BCUT2D eigenvalue weighted by atomic mass is 9.96. The van der Waals surface area contributed by atoms with E-state index >= 15 is 0 Å². The molecule has 1 fully saturated rings. The molecule has 1 aliphatic heterocycles. The lowest BCUT2D eigenvalue weighted by Gasteiger charge is -2.32. The van der Waals surface area contributed by atoms with Gasteiger partial charge in [-0.25, -0.2) is 14.4 Å². The van der Waals surface area contributed by atoms with Crippen LogP contribution in [-0.4, -0.2) is 43.2 Å². The van der Waals surface area contributed by atoms with Crippen LogP contribution in [0.4, 0.5) is 10.2 Å². The number of ether oxygens (including phenoxy) is 2. The maximum atomic E-state index is 13.5. The molecular weight excluding hydrogens is 455 g/mol. The number of anilines is 1. The molecule has 0 radical (unpaired) electrons. The van der Waals surface area contributed by atoms with Crippen LogP contribution >= 0.6 is 11.8 Å². The second-order valence-corrected chi connectivity index (χ2v) is 9.02. The number of nitrogens with zero attached hydrogens (tertiary/aromatic N) is 3. The van der Waals surface area contributed by atoms with E-state index in [1.54, 1.807) is 20.3 Å². The SMILES string of the molecule is COc1ccc(CNC(=O)C2CCN(c3cc(Sc4cccc(F)c4)ncn3)CC2)c(OC)c1. The van der Waals surface area contributed by atoms with Gasteiger partial charge in [-0.2, -0.15) is 0 Å². The molecule has 4 rings (SSSR count). The lowest BCUT2D eigenvalue weighted by molar-refractivity contribution is -0.125. The Morgan fingerprint density at radius 2 is 1.94 bits per heavy atom. The first kappa shape index (κ1) is 23.8. The fourth-order valence-corrected chi connectivity index (χ4v) is 4.73. The van der Waals surface area contributed by atoms with Gasteiger partial charge in [-0.15, -0.1) is 0 Å². The third kappa shape index (κ3) is 5.96. The van der Waals surface area contributed by atoms with Gasteiger partial charge >= 0.3 is 0 Å². The van der Waals surface area contributed by atoms with Gasteiger partial charge in [0.1, 0.15) is 34.5 Å². The summed E-state index contributed by atoms with van der Waals surface area (Å²) in [5, 5.41) is 3.79. The number of carbonyl (C=O) groups excluding carboxylic acids is 1. The molecule has 0 aliphatic carbocycles. The molecule has 1 aliphatic rings. The minimum Gasteiger partial charge on any atom is -0.497 e. The van der Waals surface area contributed by atoms with Crippen LogP contribution in [0.1, 0.15) is 18.4 Å². The number of halogens is 1. The third-order valence-electron chi connectivity index (χ3n) is 5.78. The second-order valence-electron chi connectivity index (χ2n) is 7.93. The number of nitrogens with one attached hydrogen (secondary N) is 1. The molecule has 0 bridgehead atoms. The quantitative estimate of drug-likeness (QED) is 0.479. The molecular formula is C25H27FN4O3S. The topological polar surface area (TPSA) is 76.6 Å². The molecule has 7 nitrogen and oxygen atoms in total. The fraction of sp³-hybridized carbons (Fsp3) is 0.320. The van der Waals surface area contributed by atoms with E-state index in [4.69, 9.17) is 9.47 Å². The molecule has 3 aromatic rings. The standard InChI is InChI=1S/C25H27FN4O3S/c1-32-20-7-6-18(22(13-20)33-2)15-27-25(31)17-8-10-30(11-9-17)23-14-24(29-16-28-23)34-21-5-3-4-19(26)12-21/h3-7,12-14,16-17H,8-11,15H2,1-2H3,(H,27,31). The van der Waals surface area contributed by atoms with Crippen molar-refractivity contribution in [2.24, 2.45) is 5.92 Å². The van der Waals surface area contributed by atoms with Gasteiger partial charge in [0, 0.05) is 48.1 Å². The number of aromatic nitrogens is 2. The van der Waals surface area contributed by atoms with E-state index in [1.807, 2.05) is 30.3 Å². The number of benzene rings is 2. The van der Waals surface area contributed by atoms with E-state index in [1.165, 1.54) is 30.2 Å². The van der Waals surface area contributed by atoms with Crippen molar-refractivity contribution in [1.82, 2.24) is 15.3 Å². The molecule has 0 saturated carbocycles. The number of hydrogen-bond donors (Lipinski definition) is 1. The van der Waals surface area contributed by atoms with Crippen molar-refractivity contribution in [3.8, 4) is 11.5 Å². The Kier molecular flexibility index (Phi) is 7.84. The molecule has 1 saturated heterocycles. The van der Waals surface area contributed by atoms with E-state index in [-0.39, 0.29) is 17.6 Å². The highest BCUT2D eigenvalue weighted by Gasteiger charge is 2.26. The average Bonchev–Trinajstić information content (AvgIpc) is 2.87. The summed E-state index contributed by atoms with van der Waals surface area (Å²) in [4.78, 5) is 24.4. The first-order valence-electron chi connectivity index (χ1n) is 11.0. The highest BCUT2D eigenvalue weighted by molar-refractivity contribution is 7.99. The largest absolute Gasteiger partial charge is 0.497 e. The van der Waals surface area contributed by atoms with Crippen molar-refractivity contribution < 1.29 is 18.7 Å². The zero-order valence-corrected chi connectivity index (χ0v) is 20.0. The summed E-state index contributed by atoms with van der Waals surface area (Å²) in [5.74, 6) is 1.93. The molecule has 0 unspecified atom stereocenters. The maximum Gasteiger partial charge on any atom is 0.223 e. The maximum absolute atomic E-state index is 13.5. The van der Waals surface area contributed by atoms with E-state index in [9.17, 15) is 9.18 Å². The minimum atomic E-state index is -0.273. The Labute approximate surface area is 202 Å². The molecule has 178 valence electrons. The van der Waals surface area contributed by atoms with Crippen LogP contribution in [-0.2, 0) is 11.3 Å². The Hall–Kier alpha value is -3.33. The van der Waals surface area contributed by atoms with E-state index < -0.39 is 0 Å². The summed E-state index contributed by atoms with van der Waals surface area (Å²) in [6.45, 7) is 1.86. The highest BCUT2D eigenvalue weighted by atomic mass is 32.2. The molecule has 0 spiro atoms. The number of amides is 1. The van der Waals surface area contributed by atoms with Gasteiger partial charge in [0.25, 0.3) is 0 Å². The van der Waals surface area contributed by atoms with Crippen molar-refractivity contribution in [3.63, 3.8) is 0 Å². The molecule has 34 heavy (non-hydrogen) atoms. The number of methoxy groups -OCH3 is 2. The summed E-state index contributed by atoms with van der Waals surface area (Å²) >= 11 is 1.40. The smallest absolute Gasteiger partial charge is 0.223 e. The van der Waals surface area contributed by atoms with Crippen LogP contribution in [0.5, 0.6) is 11.5 Å². The van der Waals surface area contributed by atoms with Gasteiger partial charge in [-0.3, -0.25) is 4.79 Å². The molecule has 2 heterocycles. The van der Waals surface area contributed by atoms with Crippen molar-refractivity contribution in [1.29, 1.82) is 0 Å². The van der Waals surface area contributed by atoms with Gasteiger partial charge in [-0.1, -0.05) is 17.8 Å². The minimum absolute atomic E-state index is 0.0440. The van der Waals surface area contributed by atoms with Gasteiger partial charge in [0.2, 0.25) is 5.91 Å². The molecule has 1 aromatic heterocycles. The Bertz CT molecular complexity index is 1140. The first-order valence-corrected chi connectivity index (χ1v) is 11.9. The summed E-state index contributed by atoms with van der Waals surface area (Å²) in [7, 11) is 3.21. The number of rotatable bonds is 8. The molecule has 2 aromatic carbocycles.